The van der Waals surface area contributed by atoms with Crippen LogP contribution in [-0.2, 0) is 15.6 Å². The van der Waals surface area contributed by atoms with Crippen molar-refractivity contribution in [2.24, 2.45) is 0 Å². The Labute approximate surface area is 122 Å². The molecule has 21 heavy (non-hydrogen) atoms. The molecule has 1 aromatic heterocycles. The molecular formula is C13H13N5O2S. The van der Waals surface area contributed by atoms with Crippen LogP contribution in [0.5, 0.6) is 0 Å². The van der Waals surface area contributed by atoms with Crippen LogP contribution in [0.25, 0.3) is 11.3 Å². The van der Waals surface area contributed by atoms with E-state index in [2.05, 4.69) is 9.97 Å². The Hall–Kier alpha value is -2.66. The van der Waals surface area contributed by atoms with Crippen LogP contribution in [0.3, 0.4) is 0 Å². The third kappa shape index (κ3) is 3.46. The van der Waals surface area contributed by atoms with Gasteiger partial charge in [0.15, 0.2) is 9.84 Å². The minimum atomic E-state index is -3.10. The SMILES string of the molecule is CS(=O)(=O)Cc1ccc(-c2nc(N)nc(N)c2C#N)cc1. The molecule has 108 valence electrons. The topological polar surface area (TPSA) is 136 Å². The summed E-state index contributed by atoms with van der Waals surface area (Å²) in [7, 11) is -3.10. The second-order valence-electron chi connectivity index (χ2n) is 4.57. The molecule has 1 aromatic carbocycles. The summed E-state index contributed by atoms with van der Waals surface area (Å²) >= 11 is 0. The second-order valence-corrected chi connectivity index (χ2v) is 6.71. The van der Waals surface area contributed by atoms with Crippen LogP contribution in [0.1, 0.15) is 11.1 Å². The Morgan fingerprint density at radius 1 is 1.19 bits per heavy atom. The summed E-state index contributed by atoms with van der Waals surface area (Å²) in [5.74, 6) is -0.0613. The zero-order chi connectivity index (χ0) is 15.6. The fraction of sp³-hybridized carbons (Fsp3) is 0.154. The van der Waals surface area contributed by atoms with E-state index >= 15 is 0 Å². The lowest BCUT2D eigenvalue weighted by Gasteiger charge is -2.07. The van der Waals surface area contributed by atoms with Crippen LogP contribution in [0.15, 0.2) is 24.3 Å². The molecule has 0 atom stereocenters. The molecule has 2 aromatic rings. The fourth-order valence-corrected chi connectivity index (χ4v) is 2.67. The highest BCUT2D eigenvalue weighted by Crippen LogP contribution is 2.25. The van der Waals surface area contributed by atoms with E-state index < -0.39 is 9.84 Å². The van der Waals surface area contributed by atoms with Crippen LogP contribution >= 0.6 is 0 Å². The van der Waals surface area contributed by atoms with Gasteiger partial charge < -0.3 is 11.5 Å². The lowest BCUT2D eigenvalue weighted by molar-refractivity contribution is 0.601. The maximum atomic E-state index is 11.2. The molecule has 0 aliphatic carbocycles. The van der Waals surface area contributed by atoms with E-state index in [1.165, 1.54) is 6.26 Å². The van der Waals surface area contributed by atoms with Gasteiger partial charge in [0.1, 0.15) is 17.5 Å². The van der Waals surface area contributed by atoms with Gasteiger partial charge in [-0.25, -0.2) is 13.4 Å². The Kier molecular flexibility index (Phi) is 3.78. The van der Waals surface area contributed by atoms with Crippen molar-refractivity contribution in [1.82, 2.24) is 9.97 Å². The summed E-state index contributed by atoms with van der Waals surface area (Å²) in [6.45, 7) is 0. The Morgan fingerprint density at radius 2 is 1.81 bits per heavy atom. The molecule has 0 aliphatic heterocycles. The first-order valence-electron chi connectivity index (χ1n) is 5.90. The molecule has 0 aliphatic rings. The molecule has 1 heterocycles. The van der Waals surface area contributed by atoms with Gasteiger partial charge in [-0.15, -0.1) is 0 Å². The summed E-state index contributed by atoms with van der Waals surface area (Å²) in [5, 5.41) is 9.13. The average molecular weight is 303 g/mol. The van der Waals surface area contributed by atoms with Gasteiger partial charge in [0.25, 0.3) is 0 Å². The van der Waals surface area contributed by atoms with E-state index in [1.807, 2.05) is 6.07 Å². The van der Waals surface area contributed by atoms with Crippen molar-refractivity contribution in [3.8, 4) is 17.3 Å². The van der Waals surface area contributed by atoms with Gasteiger partial charge in [0.2, 0.25) is 5.95 Å². The van der Waals surface area contributed by atoms with Gasteiger partial charge in [0, 0.05) is 11.8 Å². The third-order valence-electron chi connectivity index (χ3n) is 2.72. The van der Waals surface area contributed by atoms with Crippen molar-refractivity contribution < 1.29 is 8.42 Å². The number of nitriles is 1. The maximum Gasteiger partial charge on any atom is 0.222 e. The Bertz CT molecular complexity index is 823. The highest BCUT2D eigenvalue weighted by Gasteiger charge is 2.13. The van der Waals surface area contributed by atoms with E-state index in [4.69, 9.17) is 16.7 Å². The summed E-state index contributed by atoms with van der Waals surface area (Å²) in [6, 6.07) is 8.60. The lowest BCUT2D eigenvalue weighted by Crippen LogP contribution is -2.05. The van der Waals surface area contributed by atoms with Gasteiger partial charge in [-0.3, -0.25) is 0 Å². The van der Waals surface area contributed by atoms with Crippen molar-refractivity contribution in [2.45, 2.75) is 5.75 Å². The van der Waals surface area contributed by atoms with Crippen LogP contribution in [0.2, 0.25) is 0 Å². The molecule has 0 radical (unpaired) electrons. The number of hydrogen-bond donors (Lipinski definition) is 2. The minimum absolute atomic E-state index is 0.0141. The predicted molar refractivity (Wildman–Crippen MR) is 79.6 cm³/mol. The molecule has 0 saturated carbocycles. The molecule has 0 saturated heterocycles. The standard InChI is InChI=1S/C13H13N5O2S/c1-21(19,20)7-8-2-4-9(5-3-8)11-10(6-14)12(15)18-13(16)17-11/h2-5H,7H2,1H3,(H4,15,16,17,18). The van der Waals surface area contributed by atoms with Crippen LogP contribution < -0.4 is 11.5 Å². The van der Waals surface area contributed by atoms with Crippen molar-refractivity contribution in [1.29, 1.82) is 5.26 Å². The first kappa shape index (κ1) is 14.7. The van der Waals surface area contributed by atoms with Crippen molar-refractivity contribution in [2.75, 3.05) is 17.7 Å². The quantitative estimate of drug-likeness (QED) is 0.852. The first-order valence-corrected chi connectivity index (χ1v) is 7.96. The molecule has 0 fully saturated rings. The van der Waals surface area contributed by atoms with Crippen LogP contribution in [0, 0.1) is 11.3 Å². The predicted octanol–water partition coefficient (Wildman–Crippen LogP) is 0.724. The highest BCUT2D eigenvalue weighted by atomic mass is 32.2. The zero-order valence-corrected chi connectivity index (χ0v) is 12.1. The Balaban J connectivity index is 2.47. The van der Waals surface area contributed by atoms with Crippen LogP contribution in [-0.4, -0.2) is 24.6 Å². The average Bonchev–Trinajstić information content (AvgIpc) is 2.37. The molecule has 0 spiro atoms. The molecule has 0 bridgehead atoms. The molecule has 2 rings (SSSR count). The Morgan fingerprint density at radius 3 is 2.33 bits per heavy atom. The normalized spacial score (nSPS) is 11.0. The number of benzene rings is 1. The van der Waals surface area contributed by atoms with E-state index in [0.29, 0.717) is 16.8 Å². The third-order valence-corrected chi connectivity index (χ3v) is 3.58. The first-order chi connectivity index (χ1) is 9.80. The summed E-state index contributed by atoms with van der Waals surface area (Å²) in [4.78, 5) is 7.76. The van der Waals surface area contributed by atoms with E-state index in [0.717, 1.165) is 0 Å². The summed E-state index contributed by atoms with van der Waals surface area (Å²) < 4.78 is 22.5. The number of nitrogen functional groups attached to an aromatic ring is 2. The highest BCUT2D eigenvalue weighted by molar-refractivity contribution is 7.89. The lowest BCUT2D eigenvalue weighted by atomic mass is 10.1. The van der Waals surface area contributed by atoms with Gasteiger partial charge in [-0.1, -0.05) is 24.3 Å². The van der Waals surface area contributed by atoms with Crippen molar-refractivity contribution in [3.05, 3.63) is 35.4 Å². The number of nitrogens with zero attached hydrogens (tertiary/aromatic N) is 3. The van der Waals surface area contributed by atoms with Gasteiger partial charge >= 0.3 is 0 Å². The number of sulfone groups is 1. The van der Waals surface area contributed by atoms with Gasteiger partial charge in [0.05, 0.1) is 11.4 Å². The van der Waals surface area contributed by atoms with E-state index in [1.54, 1.807) is 24.3 Å². The summed E-state index contributed by atoms with van der Waals surface area (Å²) in [5.41, 5.74) is 12.9. The van der Waals surface area contributed by atoms with Gasteiger partial charge in [-0.05, 0) is 5.56 Å². The molecule has 7 nitrogen and oxygen atoms in total. The van der Waals surface area contributed by atoms with E-state index in [-0.39, 0.29) is 23.1 Å². The van der Waals surface area contributed by atoms with E-state index in [9.17, 15) is 8.42 Å². The molecule has 4 N–H and O–H groups in total. The fourth-order valence-electron chi connectivity index (χ4n) is 1.88. The number of aromatic nitrogens is 2. The maximum absolute atomic E-state index is 11.2. The summed E-state index contributed by atoms with van der Waals surface area (Å²) in [6.07, 6.45) is 1.17. The monoisotopic (exact) mass is 303 g/mol. The van der Waals surface area contributed by atoms with Crippen molar-refractivity contribution >= 4 is 21.6 Å². The smallest absolute Gasteiger partial charge is 0.222 e. The number of rotatable bonds is 3. The number of anilines is 2. The largest absolute Gasteiger partial charge is 0.382 e. The number of hydrogen-bond acceptors (Lipinski definition) is 7. The minimum Gasteiger partial charge on any atom is -0.382 e. The molecule has 8 heteroatoms. The van der Waals surface area contributed by atoms with Crippen molar-refractivity contribution in [3.63, 3.8) is 0 Å². The zero-order valence-electron chi connectivity index (χ0n) is 11.2. The molecule has 0 unspecified atom stereocenters. The number of nitrogens with two attached hydrogens (primary N) is 2. The molecule has 0 amide bonds. The second kappa shape index (κ2) is 5.38. The molecular weight excluding hydrogens is 290 g/mol. The van der Waals surface area contributed by atoms with Crippen LogP contribution in [0.4, 0.5) is 11.8 Å². The van der Waals surface area contributed by atoms with Gasteiger partial charge in [-0.2, -0.15) is 10.2 Å².